The van der Waals surface area contributed by atoms with Crippen LogP contribution in [0.2, 0.25) is 10.0 Å². The third kappa shape index (κ3) is 2.94. The fourth-order valence-electron chi connectivity index (χ4n) is 1.91. The number of halogens is 2. The van der Waals surface area contributed by atoms with E-state index in [1.165, 1.54) is 0 Å². The summed E-state index contributed by atoms with van der Waals surface area (Å²) in [5, 5.41) is 13.9. The van der Waals surface area contributed by atoms with Gasteiger partial charge in [-0.2, -0.15) is 5.10 Å². The van der Waals surface area contributed by atoms with Gasteiger partial charge in [-0.25, -0.2) is 4.79 Å². The Hall–Kier alpha value is -2.24. The number of para-hydroxylation sites is 1. The number of hydrogen-bond donors (Lipinski definition) is 3. The van der Waals surface area contributed by atoms with Crippen LogP contribution in [0.25, 0.3) is 10.9 Å². The molecule has 0 fully saturated rings. The number of amides is 2. The SMILES string of the molecule is O=C(Nc1cc(Cl)ccc1Cl)Nc1n[nH]c2ccccc12. The molecule has 2 amide bonds. The molecule has 106 valence electrons. The normalized spacial score (nSPS) is 10.6. The maximum atomic E-state index is 12.0. The number of carbonyl (C=O) groups excluding carboxylic acids is 1. The molecule has 1 aromatic heterocycles. The molecule has 3 aromatic rings. The van der Waals surface area contributed by atoms with Crippen molar-refractivity contribution in [1.82, 2.24) is 10.2 Å². The van der Waals surface area contributed by atoms with Crippen LogP contribution in [0, 0.1) is 0 Å². The Morgan fingerprint density at radius 2 is 1.90 bits per heavy atom. The van der Waals surface area contributed by atoms with Gasteiger partial charge in [0.25, 0.3) is 0 Å². The maximum Gasteiger partial charge on any atom is 0.324 e. The molecular formula is C14H10Cl2N4O. The fraction of sp³-hybridized carbons (Fsp3) is 0. The number of rotatable bonds is 2. The van der Waals surface area contributed by atoms with Gasteiger partial charge in [0.1, 0.15) is 0 Å². The molecule has 0 spiro atoms. The molecule has 0 aliphatic rings. The van der Waals surface area contributed by atoms with Crippen molar-refractivity contribution in [3.05, 3.63) is 52.5 Å². The van der Waals surface area contributed by atoms with Crippen molar-refractivity contribution in [2.24, 2.45) is 0 Å². The molecule has 0 bridgehead atoms. The van der Waals surface area contributed by atoms with Crippen LogP contribution in [0.15, 0.2) is 42.5 Å². The van der Waals surface area contributed by atoms with Gasteiger partial charge < -0.3 is 5.32 Å². The predicted octanol–water partition coefficient (Wildman–Crippen LogP) is 4.51. The van der Waals surface area contributed by atoms with Gasteiger partial charge in [0.05, 0.1) is 16.2 Å². The fourth-order valence-corrected chi connectivity index (χ4v) is 2.25. The molecule has 0 atom stereocenters. The Kier molecular flexibility index (Phi) is 3.68. The third-order valence-electron chi connectivity index (χ3n) is 2.88. The lowest BCUT2D eigenvalue weighted by atomic mass is 10.2. The van der Waals surface area contributed by atoms with Crippen LogP contribution in [0.5, 0.6) is 0 Å². The van der Waals surface area contributed by atoms with Crippen LogP contribution < -0.4 is 10.6 Å². The van der Waals surface area contributed by atoms with Gasteiger partial charge in [0.2, 0.25) is 0 Å². The van der Waals surface area contributed by atoms with E-state index in [0.717, 1.165) is 10.9 Å². The first-order valence-corrected chi connectivity index (χ1v) is 6.85. The van der Waals surface area contributed by atoms with Crippen LogP contribution in [0.3, 0.4) is 0 Å². The van der Waals surface area contributed by atoms with Gasteiger partial charge >= 0.3 is 6.03 Å². The minimum Gasteiger partial charge on any atom is -0.306 e. The molecule has 5 nitrogen and oxygen atoms in total. The second-order valence-electron chi connectivity index (χ2n) is 4.32. The number of nitrogens with one attached hydrogen (secondary N) is 3. The van der Waals surface area contributed by atoms with E-state index < -0.39 is 6.03 Å². The predicted molar refractivity (Wildman–Crippen MR) is 85.2 cm³/mol. The molecule has 7 heteroatoms. The number of H-pyrrole nitrogens is 1. The minimum absolute atomic E-state index is 0.404. The Morgan fingerprint density at radius 3 is 2.76 bits per heavy atom. The van der Waals surface area contributed by atoms with E-state index >= 15 is 0 Å². The van der Waals surface area contributed by atoms with E-state index in [0.29, 0.717) is 21.6 Å². The van der Waals surface area contributed by atoms with Crippen LogP contribution in [0.1, 0.15) is 0 Å². The number of carbonyl (C=O) groups is 1. The van der Waals surface area contributed by atoms with Crippen molar-refractivity contribution in [1.29, 1.82) is 0 Å². The zero-order valence-electron chi connectivity index (χ0n) is 10.7. The Balaban J connectivity index is 1.79. The lowest BCUT2D eigenvalue weighted by molar-refractivity contribution is 0.262. The molecule has 0 aliphatic carbocycles. The minimum atomic E-state index is -0.448. The molecule has 3 N–H and O–H groups in total. The van der Waals surface area contributed by atoms with Crippen LogP contribution in [-0.2, 0) is 0 Å². The Bertz CT molecular complexity index is 816. The molecule has 0 unspecified atom stereocenters. The molecule has 1 heterocycles. The summed E-state index contributed by atoms with van der Waals surface area (Å²) in [6.45, 7) is 0. The molecule has 21 heavy (non-hydrogen) atoms. The number of hydrogen-bond acceptors (Lipinski definition) is 2. The van der Waals surface area contributed by atoms with Crippen molar-refractivity contribution < 1.29 is 4.79 Å². The highest BCUT2D eigenvalue weighted by molar-refractivity contribution is 6.35. The number of urea groups is 1. The first-order chi connectivity index (χ1) is 10.1. The van der Waals surface area contributed by atoms with Crippen LogP contribution >= 0.6 is 23.2 Å². The van der Waals surface area contributed by atoms with Gasteiger partial charge in [0, 0.05) is 10.4 Å². The monoisotopic (exact) mass is 320 g/mol. The second-order valence-corrected chi connectivity index (χ2v) is 5.16. The van der Waals surface area contributed by atoms with Crippen molar-refractivity contribution in [3.63, 3.8) is 0 Å². The average molecular weight is 321 g/mol. The van der Waals surface area contributed by atoms with E-state index in [1.54, 1.807) is 18.2 Å². The third-order valence-corrected chi connectivity index (χ3v) is 3.44. The summed E-state index contributed by atoms with van der Waals surface area (Å²) < 4.78 is 0. The summed E-state index contributed by atoms with van der Waals surface area (Å²) in [5.41, 5.74) is 1.27. The summed E-state index contributed by atoms with van der Waals surface area (Å²) in [4.78, 5) is 12.0. The number of aromatic amines is 1. The van der Waals surface area contributed by atoms with Gasteiger partial charge in [0.15, 0.2) is 5.82 Å². The lowest BCUT2D eigenvalue weighted by Crippen LogP contribution is -2.20. The zero-order chi connectivity index (χ0) is 14.8. The van der Waals surface area contributed by atoms with Crippen molar-refractivity contribution >= 4 is 51.6 Å². The molecule has 0 radical (unpaired) electrons. The smallest absolute Gasteiger partial charge is 0.306 e. The highest BCUT2D eigenvalue weighted by Gasteiger charge is 2.10. The first kappa shape index (κ1) is 13.7. The molecule has 0 aliphatic heterocycles. The second kappa shape index (κ2) is 5.63. The van der Waals surface area contributed by atoms with Crippen molar-refractivity contribution in [2.45, 2.75) is 0 Å². The highest BCUT2D eigenvalue weighted by Crippen LogP contribution is 2.26. The van der Waals surface area contributed by atoms with Gasteiger partial charge in [-0.3, -0.25) is 10.4 Å². The summed E-state index contributed by atoms with van der Waals surface area (Å²) in [6, 6.07) is 11.9. The maximum absolute atomic E-state index is 12.0. The number of aromatic nitrogens is 2. The van der Waals surface area contributed by atoms with Crippen LogP contribution in [0.4, 0.5) is 16.3 Å². The number of benzene rings is 2. The first-order valence-electron chi connectivity index (χ1n) is 6.09. The Morgan fingerprint density at radius 1 is 1.10 bits per heavy atom. The van der Waals surface area contributed by atoms with Gasteiger partial charge in [-0.05, 0) is 30.3 Å². The standard InChI is InChI=1S/C14H10Cl2N4O/c15-8-5-6-10(16)12(7-8)17-14(21)18-13-9-3-1-2-4-11(9)19-20-13/h1-7H,(H3,17,18,19,20,21). The summed E-state index contributed by atoms with van der Waals surface area (Å²) >= 11 is 11.9. The number of fused-ring (bicyclic) bond motifs is 1. The van der Waals surface area contributed by atoms with Crippen LogP contribution in [-0.4, -0.2) is 16.2 Å². The molecule has 0 saturated heterocycles. The molecular weight excluding hydrogens is 311 g/mol. The van der Waals surface area contributed by atoms with E-state index in [-0.39, 0.29) is 0 Å². The lowest BCUT2D eigenvalue weighted by Gasteiger charge is -2.08. The highest BCUT2D eigenvalue weighted by atomic mass is 35.5. The van der Waals surface area contributed by atoms with E-state index in [9.17, 15) is 4.79 Å². The Labute approximate surface area is 130 Å². The largest absolute Gasteiger partial charge is 0.324 e. The average Bonchev–Trinajstić information content (AvgIpc) is 2.86. The van der Waals surface area contributed by atoms with E-state index in [2.05, 4.69) is 20.8 Å². The quantitative estimate of drug-likeness (QED) is 0.650. The summed E-state index contributed by atoms with van der Waals surface area (Å²) in [5.74, 6) is 0.446. The summed E-state index contributed by atoms with van der Waals surface area (Å²) in [6.07, 6.45) is 0. The van der Waals surface area contributed by atoms with Crippen molar-refractivity contribution in [2.75, 3.05) is 10.6 Å². The summed E-state index contributed by atoms with van der Waals surface area (Å²) in [7, 11) is 0. The molecule has 2 aromatic carbocycles. The van der Waals surface area contributed by atoms with Gasteiger partial charge in [-0.1, -0.05) is 35.3 Å². The van der Waals surface area contributed by atoms with E-state index in [1.807, 2.05) is 24.3 Å². The number of anilines is 2. The zero-order valence-corrected chi connectivity index (χ0v) is 12.2. The van der Waals surface area contributed by atoms with Crippen molar-refractivity contribution in [3.8, 4) is 0 Å². The van der Waals surface area contributed by atoms with Gasteiger partial charge in [-0.15, -0.1) is 0 Å². The van der Waals surface area contributed by atoms with E-state index in [4.69, 9.17) is 23.2 Å². The topological polar surface area (TPSA) is 69.8 Å². The molecule has 3 rings (SSSR count). The molecule has 0 saturated carbocycles. The number of nitrogens with zero attached hydrogens (tertiary/aromatic N) is 1.